The van der Waals surface area contributed by atoms with Gasteiger partial charge in [0.1, 0.15) is 0 Å². The summed E-state index contributed by atoms with van der Waals surface area (Å²) in [5.41, 5.74) is 0.446. The average Bonchev–Trinajstić information content (AvgIpc) is 2.64. The van der Waals surface area contributed by atoms with Crippen molar-refractivity contribution in [2.75, 3.05) is 14.1 Å². The number of Topliss-reactive ketones (excluding diaryl/α,β-unsaturated/α-hetero) is 1. The third-order valence-corrected chi connectivity index (χ3v) is 4.40. The lowest BCUT2D eigenvalue weighted by Crippen LogP contribution is -2.25. The molecule has 0 saturated heterocycles. The van der Waals surface area contributed by atoms with Gasteiger partial charge < -0.3 is 4.90 Å². The molecule has 1 amide bonds. The van der Waals surface area contributed by atoms with Crippen molar-refractivity contribution in [3.63, 3.8) is 0 Å². The maximum atomic E-state index is 12.9. The summed E-state index contributed by atoms with van der Waals surface area (Å²) in [4.78, 5) is 26.2. The van der Waals surface area contributed by atoms with Gasteiger partial charge in [0.25, 0.3) is 0 Å². The van der Waals surface area contributed by atoms with Gasteiger partial charge in [-0.2, -0.15) is 13.2 Å². The van der Waals surface area contributed by atoms with Crippen LogP contribution in [0.2, 0.25) is 0 Å². The average molecular weight is 377 g/mol. The third-order valence-electron chi connectivity index (χ3n) is 4.40. The molecule has 0 radical (unpaired) electrons. The maximum Gasteiger partial charge on any atom is 0.416 e. The van der Waals surface area contributed by atoms with Gasteiger partial charge in [0.05, 0.1) is 5.56 Å². The van der Waals surface area contributed by atoms with Crippen LogP contribution in [0.1, 0.15) is 34.3 Å². The highest BCUT2D eigenvalue weighted by atomic mass is 19.4. The minimum absolute atomic E-state index is 0.0896. The molecule has 6 heteroatoms. The molecule has 0 aliphatic carbocycles. The summed E-state index contributed by atoms with van der Waals surface area (Å²) < 4.78 is 38.2. The van der Waals surface area contributed by atoms with E-state index in [1.165, 1.54) is 17.0 Å². The van der Waals surface area contributed by atoms with E-state index < -0.39 is 17.7 Å². The summed E-state index contributed by atoms with van der Waals surface area (Å²) in [5, 5.41) is 0. The Morgan fingerprint density at radius 2 is 1.56 bits per heavy atom. The normalized spacial score (nSPS) is 12.5. The number of rotatable bonds is 7. The van der Waals surface area contributed by atoms with Crippen LogP contribution in [0.15, 0.2) is 54.6 Å². The van der Waals surface area contributed by atoms with E-state index in [1.54, 1.807) is 44.4 Å². The van der Waals surface area contributed by atoms with Gasteiger partial charge in [0.2, 0.25) is 5.91 Å². The first-order chi connectivity index (χ1) is 12.7. The molecule has 0 spiro atoms. The molecule has 27 heavy (non-hydrogen) atoms. The molecule has 0 saturated carbocycles. The van der Waals surface area contributed by atoms with E-state index >= 15 is 0 Å². The number of nitrogens with zero attached hydrogens (tertiary/aromatic N) is 1. The molecular weight excluding hydrogens is 355 g/mol. The molecule has 0 bridgehead atoms. The number of amides is 1. The summed E-state index contributed by atoms with van der Waals surface area (Å²) in [6, 6.07) is 13.5. The van der Waals surface area contributed by atoms with Gasteiger partial charge in [-0.25, -0.2) is 0 Å². The van der Waals surface area contributed by atoms with Crippen LogP contribution in [-0.4, -0.2) is 30.7 Å². The highest BCUT2D eigenvalue weighted by Gasteiger charge is 2.30. The standard InChI is InChI=1S/C21H22F3NO2/c1-25(2)19(26)13-10-17(20(27)16-6-4-3-5-7-16)14-15-8-11-18(12-9-15)21(22,23)24/h3-9,11-12,17H,10,13-14H2,1-2H3/t17-/m0/s1. The van der Waals surface area contributed by atoms with Gasteiger partial charge in [-0.15, -0.1) is 0 Å². The van der Waals surface area contributed by atoms with Crippen LogP contribution in [-0.2, 0) is 17.4 Å². The monoisotopic (exact) mass is 377 g/mol. The van der Waals surface area contributed by atoms with Crippen molar-refractivity contribution in [1.29, 1.82) is 0 Å². The van der Waals surface area contributed by atoms with E-state index in [9.17, 15) is 22.8 Å². The summed E-state index contributed by atoms with van der Waals surface area (Å²) in [6.45, 7) is 0. The summed E-state index contributed by atoms with van der Waals surface area (Å²) in [6.07, 6.45) is -3.56. The van der Waals surface area contributed by atoms with E-state index in [2.05, 4.69) is 0 Å². The topological polar surface area (TPSA) is 37.4 Å². The number of benzene rings is 2. The molecule has 0 N–H and O–H groups in total. The number of hydrogen-bond acceptors (Lipinski definition) is 2. The zero-order valence-corrected chi connectivity index (χ0v) is 15.3. The second-order valence-corrected chi connectivity index (χ2v) is 6.65. The number of halogens is 3. The van der Waals surface area contributed by atoms with E-state index in [0.29, 0.717) is 17.5 Å². The van der Waals surface area contributed by atoms with Gasteiger partial charge >= 0.3 is 6.18 Å². The maximum absolute atomic E-state index is 12.9. The van der Waals surface area contributed by atoms with Crippen LogP contribution in [0.4, 0.5) is 13.2 Å². The Bertz CT molecular complexity index is 768. The van der Waals surface area contributed by atoms with Crippen LogP contribution >= 0.6 is 0 Å². The molecule has 2 aromatic rings. The van der Waals surface area contributed by atoms with Crippen molar-refractivity contribution >= 4 is 11.7 Å². The number of carbonyl (C=O) groups excluding carboxylic acids is 2. The minimum atomic E-state index is -4.39. The number of alkyl halides is 3. The van der Waals surface area contributed by atoms with Crippen molar-refractivity contribution in [3.05, 3.63) is 71.3 Å². The van der Waals surface area contributed by atoms with Crippen molar-refractivity contribution in [3.8, 4) is 0 Å². The molecule has 0 fully saturated rings. The first kappa shape index (κ1) is 20.7. The van der Waals surface area contributed by atoms with Crippen LogP contribution < -0.4 is 0 Å². The highest BCUT2D eigenvalue weighted by Crippen LogP contribution is 2.30. The molecular formula is C21H22F3NO2. The third kappa shape index (κ3) is 5.94. The molecule has 0 aromatic heterocycles. The van der Waals surface area contributed by atoms with E-state index in [1.807, 2.05) is 0 Å². The van der Waals surface area contributed by atoms with E-state index in [0.717, 1.165) is 12.1 Å². The molecule has 3 nitrogen and oxygen atoms in total. The second-order valence-electron chi connectivity index (χ2n) is 6.65. The Balaban J connectivity index is 2.18. The molecule has 144 valence electrons. The number of carbonyl (C=O) groups is 2. The largest absolute Gasteiger partial charge is 0.416 e. The summed E-state index contributed by atoms with van der Waals surface area (Å²) in [7, 11) is 3.29. The quantitative estimate of drug-likeness (QED) is 0.661. The van der Waals surface area contributed by atoms with Crippen LogP contribution in [0, 0.1) is 5.92 Å². The van der Waals surface area contributed by atoms with Crippen LogP contribution in [0.25, 0.3) is 0 Å². The van der Waals surface area contributed by atoms with Gasteiger partial charge in [-0.05, 0) is 30.5 Å². The fourth-order valence-corrected chi connectivity index (χ4v) is 2.80. The van der Waals surface area contributed by atoms with Crippen molar-refractivity contribution in [1.82, 2.24) is 4.90 Å². The smallest absolute Gasteiger partial charge is 0.349 e. The Hall–Kier alpha value is -2.63. The van der Waals surface area contributed by atoms with Crippen LogP contribution in [0.3, 0.4) is 0 Å². The van der Waals surface area contributed by atoms with E-state index in [4.69, 9.17) is 0 Å². The Morgan fingerprint density at radius 1 is 0.963 bits per heavy atom. The Morgan fingerprint density at radius 3 is 2.07 bits per heavy atom. The van der Waals surface area contributed by atoms with Crippen molar-refractivity contribution in [2.45, 2.75) is 25.4 Å². The Labute approximate surface area is 156 Å². The SMILES string of the molecule is CN(C)C(=O)CC[C@@H](Cc1ccc(C(F)(F)F)cc1)C(=O)c1ccccc1. The molecule has 2 aromatic carbocycles. The fraction of sp³-hybridized carbons (Fsp3) is 0.333. The van der Waals surface area contributed by atoms with Gasteiger partial charge in [-0.1, -0.05) is 42.5 Å². The summed E-state index contributed by atoms with van der Waals surface area (Å²) >= 11 is 0. The van der Waals surface area contributed by atoms with Crippen molar-refractivity contribution in [2.24, 2.45) is 5.92 Å². The molecule has 0 aliphatic rings. The number of hydrogen-bond donors (Lipinski definition) is 0. The summed E-state index contributed by atoms with van der Waals surface area (Å²) in [5.74, 6) is -0.677. The lowest BCUT2D eigenvalue weighted by atomic mass is 9.87. The minimum Gasteiger partial charge on any atom is -0.349 e. The Kier molecular flexibility index (Phi) is 6.77. The van der Waals surface area contributed by atoms with Gasteiger partial charge in [0, 0.05) is 32.0 Å². The molecule has 0 heterocycles. The molecule has 2 rings (SSSR count). The lowest BCUT2D eigenvalue weighted by molar-refractivity contribution is -0.137. The molecule has 0 unspecified atom stereocenters. The second kappa shape index (κ2) is 8.84. The zero-order chi connectivity index (χ0) is 20.0. The molecule has 0 aliphatic heterocycles. The molecule has 1 atom stereocenters. The zero-order valence-electron chi connectivity index (χ0n) is 15.3. The fourth-order valence-electron chi connectivity index (χ4n) is 2.80. The van der Waals surface area contributed by atoms with E-state index in [-0.39, 0.29) is 24.5 Å². The number of ketones is 1. The lowest BCUT2D eigenvalue weighted by Gasteiger charge is -2.18. The van der Waals surface area contributed by atoms with Gasteiger partial charge in [-0.3, -0.25) is 9.59 Å². The van der Waals surface area contributed by atoms with Gasteiger partial charge in [0.15, 0.2) is 5.78 Å². The van der Waals surface area contributed by atoms with Crippen molar-refractivity contribution < 1.29 is 22.8 Å². The predicted octanol–water partition coefficient (Wildman–Crippen LogP) is 4.62. The predicted molar refractivity (Wildman–Crippen MR) is 97.3 cm³/mol. The first-order valence-corrected chi connectivity index (χ1v) is 8.64. The van der Waals surface area contributed by atoms with Crippen LogP contribution in [0.5, 0.6) is 0 Å². The first-order valence-electron chi connectivity index (χ1n) is 8.64. The highest BCUT2D eigenvalue weighted by molar-refractivity contribution is 5.98.